The van der Waals surface area contributed by atoms with Crippen LogP contribution in [0.3, 0.4) is 0 Å². The number of nitrogens with one attached hydrogen (secondary N) is 1. The van der Waals surface area contributed by atoms with Gasteiger partial charge in [0.25, 0.3) is 5.91 Å². The first kappa shape index (κ1) is 26.5. The second-order valence-electron chi connectivity index (χ2n) is 9.61. The van der Waals surface area contributed by atoms with Crippen molar-refractivity contribution < 1.29 is 23.1 Å². The highest BCUT2D eigenvalue weighted by Crippen LogP contribution is 2.51. The summed E-state index contributed by atoms with van der Waals surface area (Å²) in [7, 11) is 3.09. The number of thiazole rings is 1. The molecule has 2 fully saturated rings. The number of rotatable bonds is 7. The third-order valence-electron chi connectivity index (χ3n) is 6.86. The number of ether oxygens (including phenoxy) is 1. The second-order valence-corrected chi connectivity index (χ2v) is 10.9. The van der Waals surface area contributed by atoms with Crippen LogP contribution in [-0.2, 0) is 15.1 Å². The summed E-state index contributed by atoms with van der Waals surface area (Å²) in [4.78, 5) is 33.6. The van der Waals surface area contributed by atoms with Crippen LogP contribution in [0.1, 0.15) is 30.0 Å². The number of aromatic nitrogens is 1. The van der Waals surface area contributed by atoms with Crippen molar-refractivity contribution in [1.82, 2.24) is 20.1 Å². The van der Waals surface area contributed by atoms with Gasteiger partial charge in [-0.3, -0.25) is 15.8 Å². The first-order valence-corrected chi connectivity index (χ1v) is 13.2. The Morgan fingerprint density at radius 1 is 1.29 bits per heavy atom. The van der Waals surface area contributed by atoms with E-state index in [4.69, 9.17) is 22.1 Å². The molecular weight excluding hydrogens is 536 g/mol. The molecule has 3 atom stereocenters. The van der Waals surface area contributed by atoms with Crippen LogP contribution in [0, 0.1) is 17.6 Å². The van der Waals surface area contributed by atoms with Crippen LogP contribution in [0.4, 0.5) is 13.6 Å². The molecule has 5 rings (SSSR count). The minimum absolute atomic E-state index is 0.170. The molecule has 200 valence electrons. The summed E-state index contributed by atoms with van der Waals surface area (Å²) in [5.74, 6) is -2.23. The van der Waals surface area contributed by atoms with E-state index in [0.717, 1.165) is 18.2 Å². The molecule has 2 amide bonds. The van der Waals surface area contributed by atoms with Crippen LogP contribution in [0.25, 0.3) is 10.6 Å². The van der Waals surface area contributed by atoms with Crippen molar-refractivity contribution in [3.63, 3.8) is 0 Å². The number of hydrogen-bond acceptors (Lipinski definition) is 7. The van der Waals surface area contributed by atoms with Crippen molar-refractivity contribution in [2.45, 2.75) is 30.7 Å². The van der Waals surface area contributed by atoms with Gasteiger partial charge in [-0.1, -0.05) is 17.7 Å². The molecule has 0 radical (unpaired) electrons. The minimum Gasteiger partial charge on any atom is -0.447 e. The average Bonchev–Trinajstić information content (AvgIpc) is 3.50. The Balaban J connectivity index is 1.58. The van der Waals surface area contributed by atoms with Gasteiger partial charge in [-0.2, -0.15) is 0 Å². The quantitative estimate of drug-likeness (QED) is 0.442. The Morgan fingerprint density at radius 3 is 2.61 bits per heavy atom. The molecule has 38 heavy (non-hydrogen) atoms. The lowest BCUT2D eigenvalue weighted by molar-refractivity contribution is -0.137. The van der Waals surface area contributed by atoms with Crippen molar-refractivity contribution in [2.75, 3.05) is 20.7 Å². The van der Waals surface area contributed by atoms with Gasteiger partial charge in [-0.05, 0) is 54.2 Å². The maximum atomic E-state index is 14.3. The number of halogens is 3. The summed E-state index contributed by atoms with van der Waals surface area (Å²) < 4.78 is 34.1. The predicted molar refractivity (Wildman–Crippen MR) is 139 cm³/mol. The zero-order chi connectivity index (χ0) is 27.2. The number of benzene rings is 2. The van der Waals surface area contributed by atoms with Gasteiger partial charge in [0.1, 0.15) is 35.1 Å². The number of carbonyl (C=O) groups is 2. The van der Waals surface area contributed by atoms with E-state index in [0.29, 0.717) is 34.0 Å². The van der Waals surface area contributed by atoms with Crippen LogP contribution in [-0.4, -0.2) is 53.8 Å². The molecule has 0 spiro atoms. The summed E-state index contributed by atoms with van der Waals surface area (Å²) in [6.45, 7) is -0.213. The van der Waals surface area contributed by atoms with Gasteiger partial charge in [0.2, 0.25) is 0 Å². The summed E-state index contributed by atoms with van der Waals surface area (Å²) in [6.07, 6.45) is 1.40. The lowest BCUT2D eigenvalue weighted by Gasteiger charge is -2.32. The van der Waals surface area contributed by atoms with Crippen LogP contribution < -0.4 is 11.1 Å². The van der Waals surface area contributed by atoms with E-state index in [1.165, 1.54) is 21.1 Å². The van der Waals surface area contributed by atoms with E-state index >= 15 is 0 Å². The Hall–Kier alpha value is -3.12. The maximum Gasteiger partial charge on any atom is 0.409 e. The molecule has 1 aromatic heterocycles. The topological polar surface area (TPSA) is 101 Å². The Morgan fingerprint density at radius 2 is 2.00 bits per heavy atom. The van der Waals surface area contributed by atoms with Crippen molar-refractivity contribution >= 4 is 34.9 Å². The maximum absolute atomic E-state index is 14.3. The zero-order valence-electron chi connectivity index (χ0n) is 20.7. The molecule has 2 aromatic carbocycles. The summed E-state index contributed by atoms with van der Waals surface area (Å²) in [5, 5.41) is 6.11. The highest BCUT2D eigenvalue weighted by Gasteiger charge is 2.60. The minimum atomic E-state index is -1.42. The number of amides is 2. The molecule has 1 saturated heterocycles. The lowest BCUT2D eigenvalue weighted by Crippen LogP contribution is -2.49. The van der Waals surface area contributed by atoms with E-state index in [2.05, 4.69) is 10.3 Å². The fourth-order valence-corrected chi connectivity index (χ4v) is 5.88. The Labute approximate surface area is 227 Å². The smallest absolute Gasteiger partial charge is 0.409 e. The fraction of sp³-hybridized carbons (Fsp3) is 0.346. The van der Waals surface area contributed by atoms with E-state index in [1.807, 2.05) is 5.38 Å². The van der Waals surface area contributed by atoms with Gasteiger partial charge in [0.15, 0.2) is 0 Å². The monoisotopic (exact) mass is 561 g/mol. The lowest BCUT2D eigenvalue weighted by atomic mass is 9.84. The molecule has 1 saturated carbocycles. The predicted octanol–water partition coefficient (Wildman–Crippen LogP) is 4.46. The fourth-order valence-electron chi connectivity index (χ4n) is 4.95. The average molecular weight is 562 g/mol. The number of nitrogens with zero attached hydrogens (tertiary/aromatic N) is 3. The van der Waals surface area contributed by atoms with E-state index in [9.17, 15) is 18.4 Å². The molecule has 3 aromatic rings. The van der Waals surface area contributed by atoms with Crippen LogP contribution in [0.15, 0.2) is 48.0 Å². The van der Waals surface area contributed by atoms with Gasteiger partial charge < -0.3 is 14.5 Å². The first-order chi connectivity index (χ1) is 18.1. The summed E-state index contributed by atoms with van der Waals surface area (Å²) in [5.41, 5.74) is 6.52. The van der Waals surface area contributed by atoms with Crippen molar-refractivity contribution in [2.24, 2.45) is 11.7 Å². The standard InChI is InChI=1S/C26H26ClF2N5O3S/c1-33(2)25(36)37-13-21(14-3-6-20(27)19(9-14)22-31-7-8-38-22)34-23(35)26(15-4-5-15,32-24(34)30)16-10-17(28)12-18(29)11-16/h3,6-12,15,21,24,32H,4-5,13,30H2,1-2H3/t21-,24?,26-/m1/s1. The Kier molecular flexibility index (Phi) is 7.12. The molecular formula is C26H26ClF2N5O3S. The van der Waals surface area contributed by atoms with E-state index < -0.39 is 41.5 Å². The van der Waals surface area contributed by atoms with Gasteiger partial charge >= 0.3 is 6.09 Å². The van der Waals surface area contributed by atoms with Crippen molar-refractivity contribution in [3.05, 3.63) is 75.8 Å². The van der Waals surface area contributed by atoms with Crippen LogP contribution in [0.2, 0.25) is 5.02 Å². The summed E-state index contributed by atoms with van der Waals surface area (Å²) >= 11 is 7.87. The van der Waals surface area contributed by atoms with Gasteiger partial charge in [0, 0.05) is 37.3 Å². The largest absolute Gasteiger partial charge is 0.447 e. The molecule has 1 aliphatic heterocycles. The molecule has 0 bridgehead atoms. The molecule has 2 heterocycles. The van der Waals surface area contributed by atoms with Gasteiger partial charge in [0.05, 0.1) is 11.1 Å². The van der Waals surface area contributed by atoms with Crippen LogP contribution in [0.5, 0.6) is 0 Å². The third-order valence-corrected chi connectivity index (χ3v) is 7.99. The highest BCUT2D eigenvalue weighted by atomic mass is 35.5. The molecule has 3 N–H and O–H groups in total. The molecule has 2 aliphatic rings. The van der Waals surface area contributed by atoms with Crippen molar-refractivity contribution in [3.8, 4) is 10.6 Å². The zero-order valence-corrected chi connectivity index (χ0v) is 22.2. The van der Waals surface area contributed by atoms with Gasteiger partial charge in [-0.25, -0.2) is 18.6 Å². The molecule has 12 heteroatoms. The van der Waals surface area contributed by atoms with E-state index in [-0.39, 0.29) is 18.1 Å². The van der Waals surface area contributed by atoms with Crippen molar-refractivity contribution in [1.29, 1.82) is 0 Å². The number of hydrogen-bond donors (Lipinski definition) is 2. The first-order valence-electron chi connectivity index (χ1n) is 12.0. The SMILES string of the molecule is CN(C)C(=O)OC[C@H](c1ccc(Cl)c(-c2nccs2)c1)N1C(=O)[C@](c2cc(F)cc(F)c2)(C2CC2)NC1N. The number of nitrogens with two attached hydrogens (primary N) is 1. The number of carbonyl (C=O) groups excluding carboxylic acids is 2. The second kappa shape index (κ2) is 10.2. The van der Waals surface area contributed by atoms with Gasteiger partial charge in [-0.15, -0.1) is 11.3 Å². The Bertz CT molecular complexity index is 1350. The van der Waals surface area contributed by atoms with E-state index in [1.54, 1.807) is 38.5 Å². The highest BCUT2D eigenvalue weighted by molar-refractivity contribution is 7.13. The third kappa shape index (κ3) is 4.75. The molecule has 1 aliphatic carbocycles. The molecule has 1 unspecified atom stereocenters. The van der Waals surface area contributed by atoms with Crippen LogP contribution >= 0.6 is 22.9 Å². The summed E-state index contributed by atoms with van der Waals surface area (Å²) in [6, 6.07) is 7.45. The molecule has 8 nitrogen and oxygen atoms in total. The normalized spacial score (nSPS) is 22.0.